The quantitative estimate of drug-likeness (QED) is 0.136. The van der Waals surface area contributed by atoms with E-state index >= 15 is 0 Å². The van der Waals surface area contributed by atoms with Crippen molar-refractivity contribution in [2.24, 2.45) is 0 Å². The topological polar surface area (TPSA) is 127 Å². The minimum atomic E-state index is -1.08. The number of ether oxygens (including phenoxy) is 4. The van der Waals surface area contributed by atoms with Crippen LogP contribution in [0.1, 0.15) is 59.2 Å². The minimum absolute atomic E-state index is 0.0163. The third-order valence-corrected chi connectivity index (χ3v) is 4.78. The lowest BCUT2D eigenvalue weighted by atomic mass is 9.91. The molecular weight excluding hydrogens is 468 g/mol. The number of rotatable bonds is 12. The molecule has 34 heavy (non-hydrogen) atoms. The van der Waals surface area contributed by atoms with Gasteiger partial charge in [-0.05, 0) is 33.8 Å². The van der Waals surface area contributed by atoms with E-state index < -0.39 is 23.2 Å². The lowest BCUT2D eigenvalue weighted by Gasteiger charge is -2.23. The fourth-order valence-corrected chi connectivity index (χ4v) is 3.46. The highest BCUT2D eigenvalue weighted by atomic mass is 35.5. The molecule has 2 aromatic rings. The van der Waals surface area contributed by atoms with E-state index in [4.69, 9.17) is 30.5 Å². The Bertz CT molecular complexity index is 1040. The van der Waals surface area contributed by atoms with E-state index in [-0.39, 0.29) is 71.6 Å². The van der Waals surface area contributed by atoms with Crippen LogP contribution in [-0.2, 0) is 18.9 Å². The van der Waals surface area contributed by atoms with Crippen molar-refractivity contribution in [2.45, 2.75) is 34.0 Å². The smallest absolute Gasteiger partial charge is 0.340 e. The molecule has 11 heteroatoms. The third kappa shape index (κ3) is 6.07. The Morgan fingerprint density at radius 1 is 1.03 bits per heavy atom. The van der Waals surface area contributed by atoms with Crippen LogP contribution in [0.4, 0.5) is 5.69 Å². The van der Waals surface area contributed by atoms with Crippen molar-refractivity contribution in [1.82, 2.24) is 4.98 Å². The van der Waals surface area contributed by atoms with Gasteiger partial charge < -0.3 is 18.9 Å². The van der Waals surface area contributed by atoms with Crippen LogP contribution in [0, 0.1) is 17.0 Å². The molecular formula is C23H27ClN2O8. The summed E-state index contributed by atoms with van der Waals surface area (Å²) in [6.07, 6.45) is -1.08. The van der Waals surface area contributed by atoms with Crippen molar-refractivity contribution in [2.75, 3.05) is 32.3 Å². The zero-order chi connectivity index (χ0) is 25.3. The first-order valence-electron chi connectivity index (χ1n) is 10.7. The molecule has 1 heterocycles. The van der Waals surface area contributed by atoms with E-state index in [0.717, 1.165) is 0 Å². The fourth-order valence-electron chi connectivity index (χ4n) is 3.38. The van der Waals surface area contributed by atoms with E-state index in [0.29, 0.717) is 0 Å². The highest BCUT2D eigenvalue weighted by Gasteiger charge is 2.35. The number of halogens is 1. The number of aryl methyl sites for hydroxylation is 1. The van der Waals surface area contributed by atoms with E-state index in [1.165, 1.54) is 25.1 Å². The number of benzene rings is 1. The monoisotopic (exact) mass is 494 g/mol. The van der Waals surface area contributed by atoms with Crippen molar-refractivity contribution < 1.29 is 33.5 Å². The van der Waals surface area contributed by atoms with Crippen LogP contribution in [0.3, 0.4) is 0 Å². The van der Waals surface area contributed by atoms with Gasteiger partial charge in [0.25, 0.3) is 5.69 Å². The van der Waals surface area contributed by atoms with Gasteiger partial charge in [0.05, 0.1) is 39.8 Å². The Morgan fingerprint density at radius 2 is 1.65 bits per heavy atom. The summed E-state index contributed by atoms with van der Waals surface area (Å²) in [5.74, 6) is -1.63. The van der Waals surface area contributed by atoms with Crippen LogP contribution in [0.15, 0.2) is 24.3 Å². The Labute approximate surface area is 202 Å². The molecule has 0 atom stereocenters. The van der Waals surface area contributed by atoms with Crippen LogP contribution in [0.5, 0.6) is 0 Å². The Kier molecular flexibility index (Phi) is 10.4. The first-order chi connectivity index (χ1) is 16.3. The summed E-state index contributed by atoms with van der Waals surface area (Å²) >= 11 is 5.67. The molecule has 0 spiro atoms. The molecule has 10 nitrogen and oxygen atoms in total. The van der Waals surface area contributed by atoms with Gasteiger partial charge in [0, 0.05) is 24.8 Å². The van der Waals surface area contributed by atoms with Gasteiger partial charge in [-0.15, -0.1) is 11.6 Å². The summed E-state index contributed by atoms with van der Waals surface area (Å²) in [6.45, 7) is 7.00. The number of pyridine rings is 1. The molecule has 0 unspecified atom stereocenters. The van der Waals surface area contributed by atoms with E-state index in [1.54, 1.807) is 26.8 Å². The van der Waals surface area contributed by atoms with Crippen LogP contribution in [0.25, 0.3) is 11.1 Å². The molecule has 0 bridgehead atoms. The largest absolute Gasteiger partial charge is 0.462 e. The third-order valence-electron chi connectivity index (χ3n) is 4.63. The zero-order valence-corrected chi connectivity index (χ0v) is 20.2. The van der Waals surface area contributed by atoms with Gasteiger partial charge in [-0.3, -0.25) is 15.1 Å². The normalized spacial score (nSPS) is 10.9. The summed E-state index contributed by atoms with van der Waals surface area (Å²) in [5.41, 5.74) is -0.421. The summed E-state index contributed by atoms with van der Waals surface area (Å²) in [4.78, 5) is 42.0. The maximum absolute atomic E-state index is 13.2. The molecule has 0 N–H and O–H groups in total. The van der Waals surface area contributed by atoms with Crippen LogP contribution >= 0.6 is 11.6 Å². The molecule has 0 amide bonds. The second-order valence-electron chi connectivity index (χ2n) is 6.77. The Hall–Kier alpha value is -3.08. The Balaban J connectivity index is 3.05. The lowest BCUT2D eigenvalue weighted by molar-refractivity contribution is -0.384. The number of nitrogens with zero attached hydrogens (tertiary/aromatic N) is 2. The van der Waals surface area contributed by atoms with E-state index in [2.05, 4.69) is 4.98 Å². The first-order valence-corrected chi connectivity index (χ1v) is 11.3. The van der Waals surface area contributed by atoms with Crippen molar-refractivity contribution in [3.8, 4) is 11.1 Å². The summed E-state index contributed by atoms with van der Waals surface area (Å²) in [5, 5.41) is 11.9. The molecule has 2 rings (SSSR count). The maximum Gasteiger partial charge on any atom is 0.340 e. The van der Waals surface area contributed by atoms with Gasteiger partial charge in [0.2, 0.25) is 6.29 Å². The maximum atomic E-state index is 13.2. The number of aromatic nitrogens is 1. The number of esters is 2. The van der Waals surface area contributed by atoms with Crippen molar-refractivity contribution >= 4 is 29.2 Å². The summed E-state index contributed by atoms with van der Waals surface area (Å²) in [7, 11) is 0. The number of para-hydroxylation sites is 1. The summed E-state index contributed by atoms with van der Waals surface area (Å²) in [6, 6.07) is 5.75. The number of nitro groups is 1. The van der Waals surface area contributed by atoms with Crippen molar-refractivity contribution in [1.29, 1.82) is 0 Å². The van der Waals surface area contributed by atoms with E-state index in [9.17, 15) is 19.7 Å². The number of hydrogen-bond donors (Lipinski definition) is 0. The molecule has 1 aromatic carbocycles. The molecule has 0 aliphatic rings. The standard InChI is InChI=1S/C23H27ClN2O8/c1-5-31-22(28)19-18(15-10-8-9-11-16(15)26(29)30)17(21(27)34-13-12-24)14(4)25-20(19)23(32-6-2)33-7-3/h8-11,23H,5-7,12-13H2,1-4H3. The highest BCUT2D eigenvalue weighted by molar-refractivity contribution is 6.18. The lowest BCUT2D eigenvalue weighted by Crippen LogP contribution is -2.23. The predicted molar refractivity (Wildman–Crippen MR) is 124 cm³/mol. The number of carbonyl (C=O) groups is 2. The van der Waals surface area contributed by atoms with Gasteiger partial charge in [-0.2, -0.15) is 0 Å². The molecule has 1 aromatic heterocycles. The average Bonchev–Trinajstić information content (AvgIpc) is 2.81. The molecule has 0 radical (unpaired) electrons. The second kappa shape index (κ2) is 13.0. The zero-order valence-electron chi connectivity index (χ0n) is 19.5. The highest BCUT2D eigenvalue weighted by Crippen LogP contribution is 2.39. The number of carbonyl (C=O) groups excluding carboxylic acids is 2. The number of hydrogen-bond acceptors (Lipinski definition) is 9. The Morgan fingerprint density at radius 3 is 2.21 bits per heavy atom. The van der Waals surface area contributed by atoms with Crippen LogP contribution in [-0.4, -0.2) is 54.2 Å². The van der Waals surface area contributed by atoms with Gasteiger partial charge in [0.1, 0.15) is 12.3 Å². The van der Waals surface area contributed by atoms with E-state index in [1.807, 2.05) is 0 Å². The molecule has 0 fully saturated rings. The molecule has 184 valence electrons. The van der Waals surface area contributed by atoms with Crippen LogP contribution in [0.2, 0.25) is 0 Å². The second-order valence-corrected chi connectivity index (χ2v) is 7.15. The van der Waals surface area contributed by atoms with Gasteiger partial charge in [-0.1, -0.05) is 12.1 Å². The van der Waals surface area contributed by atoms with Gasteiger partial charge in [-0.25, -0.2) is 9.59 Å². The van der Waals surface area contributed by atoms with Crippen molar-refractivity contribution in [3.63, 3.8) is 0 Å². The minimum Gasteiger partial charge on any atom is -0.462 e. The molecule has 0 aliphatic heterocycles. The predicted octanol–water partition coefficient (Wildman–Crippen LogP) is 4.61. The first kappa shape index (κ1) is 27.2. The number of nitro benzene ring substituents is 1. The summed E-state index contributed by atoms with van der Waals surface area (Å²) < 4.78 is 21.8. The van der Waals surface area contributed by atoms with Crippen molar-refractivity contribution in [3.05, 3.63) is 56.9 Å². The van der Waals surface area contributed by atoms with Crippen LogP contribution < -0.4 is 0 Å². The van der Waals surface area contributed by atoms with Gasteiger partial charge in [0.15, 0.2) is 0 Å². The molecule has 0 saturated heterocycles. The number of alkyl halides is 1. The fraction of sp³-hybridized carbons (Fsp3) is 0.435. The molecule has 0 saturated carbocycles. The molecule has 0 aliphatic carbocycles. The van der Waals surface area contributed by atoms with Gasteiger partial charge >= 0.3 is 11.9 Å². The average molecular weight is 495 g/mol. The SMILES string of the molecule is CCOC(=O)c1c(C(OCC)OCC)nc(C)c(C(=O)OCCCl)c1-c1ccccc1[N+](=O)[O-].